The second-order valence-electron chi connectivity index (χ2n) is 4.07. The van der Waals surface area contributed by atoms with Crippen molar-refractivity contribution in [1.82, 2.24) is 20.9 Å². The van der Waals surface area contributed by atoms with E-state index in [-0.39, 0.29) is 11.9 Å². The van der Waals surface area contributed by atoms with Crippen molar-refractivity contribution < 1.29 is 9.59 Å². The smallest absolute Gasteiger partial charge is 0.321 e. The minimum atomic E-state index is -0.469. The van der Waals surface area contributed by atoms with E-state index in [0.29, 0.717) is 6.54 Å². The van der Waals surface area contributed by atoms with E-state index in [1.54, 1.807) is 31.4 Å². The molecule has 0 saturated carbocycles. The minimum Gasteiger partial charge on any atom is -0.338 e. The fourth-order valence-electron chi connectivity index (χ4n) is 1.57. The van der Waals surface area contributed by atoms with E-state index in [2.05, 4.69) is 20.9 Å². The van der Waals surface area contributed by atoms with Crippen LogP contribution in [0.25, 0.3) is 0 Å². The van der Waals surface area contributed by atoms with Crippen LogP contribution in [0.3, 0.4) is 0 Å². The third-order valence-electron chi connectivity index (χ3n) is 2.58. The SMILES string of the molecule is CCNC(=O)NC(=O)C(C)NC(CC)c1nccs1. The van der Waals surface area contributed by atoms with Gasteiger partial charge in [-0.3, -0.25) is 15.4 Å². The van der Waals surface area contributed by atoms with Gasteiger partial charge in [0.1, 0.15) is 5.01 Å². The summed E-state index contributed by atoms with van der Waals surface area (Å²) in [5.74, 6) is -0.346. The van der Waals surface area contributed by atoms with E-state index >= 15 is 0 Å². The molecular formula is C12H20N4O2S. The van der Waals surface area contributed by atoms with Crippen LogP contribution in [0.1, 0.15) is 38.2 Å². The van der Waals surface area contributed by atoms with Crippen LogP contribution >= 0.6 is 11.3 Å². The zero-order valence-corrected chi connectivity index (χ0v) is 12.2. The Morgan fingerprint density at radius 3 is 2.68 bits per heavy atom. The first-order valence-electron chi connectivity index (χ1n) is 6.32. The molecule has 0 saturated heterocycles. The van der Waals surface area contributed by atoms with Crippen LogP contribution in [0, 0.1) is 0 Å². The molecule has 7 heteroatoms. The molecule has 6 nitrogen and oxygen atoms in total. The topological polar surface area (TPSA) is 83.1 Å². The highest BCUT2D eigenvalue weighted by Crippen LogP contribution is 2.19. The molecule has 1 aromatic rings. The van der Waals surface area contributed by atoms with Gasteiger partial charge in [0, 0.05) is 18.1 Å². The molecule has 0 aromatic carbocycles. The fourth-order valence-corrected chi connectivity index (χ4v) is 2.35. The first-order valence-corrected chi connectivity index (χ1v) is 7.20. The van der Waals surface area contributed by atoms with E-state index in [0.717, 1.165) is 11.4 Å². The van der Waals surface area contributed by atoms with Gasteiger partial charge in [-0.25, -0.2) is 9.78 Å². The highest BCUT2D eigenvalue weighted by molar-refractivity contribution is 7.09. The predicted octanol–water partition coefficient (Wildman–Crippen LogP) is 1.42. The van der Waals surface area contributed by atoms with Gasteiger partial charge in [-0.05, 0) is 20.3 Å². The summed E-state index contributed by atoms with van der Waals surface area (Å²) in [6.07, 6.45) is 2.57. The van der Waals surface area contributed by atoms with Crippen LogP contribution in [-0.2, 0) is 4.79 Å². The number of carbonyl (C=O) groups is 2. The summed E-state index contributed by atoms with van der Waals surface area (Å²) < 4.78 is 0. The molecule has 1 aromatic heterocycles. The van der Waals surface area contributed by atoms with E-state index in [4.69, 9.17) is 0 Å². The zero-order valence-electron chi connectivity index (χ0n) is 11.4. The predicted molar refractivity (Wildman–Crippen MR) is 75.0 cm³/mol. The number of nitrogens with zero attached hydrogens (tertiary/aromatic N) is 1. The molecule has 0 spiro atoms. The van der Waals surface area contributed by atoms with Gasteiger partial charge in [-0.1, -0.05) is 6.92 Å². The van der Waals surface area contributed by atoms with E-state index in [1.807, 2.05) is 12.3 Å². The lowest BCUT2D eigenvalue weighted by Crippen LogP contribution is -2.48. The largest absolute Gasteiger partial charge is 0.338 e. The third kappa shape index (κ3) is 4.96. The number of nitrogens with one attached hydrogen (secondary N) is 3. The molecule has 0 bridgehead atoms. The lowest BCUT2D eigenvalue weighted by molar-refractivity contribution is -0.121. The number of amides is 3. The molecule has 0 aliphatic carbocycles. The van der Waals surface area contributed by atoms with E-state index in [9.17, 15) is 9.59 Å². The summed E-state index contributed by atoms with van der Waals surface area (Å²) in [4.78, 5) is 27.3. The van der Waals surface area contributed by atoms with E-state index < -0.39 is 12.1 Å². The molecule has 0 aliphatic rings. The van der Waals surface area contributed by atoms with Crippen LogP contribution in [0.2, 0.25) is 0 Å². The Balaban J connectivity index is 2.50. The van der Waals surface area contributed by atoms with Crippen LogP contribution in [0.15, 0.2) is 11.6 Å². The molecule has 106 valence electrons. The van der Waals surface area contributed by atoms with Crippen LogP contribution in [0.5, 0.6) is 0 Å². The van der Waals surface area contributed by atoms with Gasteiger partial charge in [-0.2, -0.15) is 0 Å². The van der Waals surface area contributed by atoms with Crippen molar-refractivity contribution in [3.63, 3.8) is 0 Å². The third-order valence-corrected chi connectivity index (χ3v) is 3.47. The lowest BCUT2D eigenvalue weighted by atomic mass is 10.2. The maximum Gasteiger partial charge on any atom is 0.321 e. The Kier molecular flexibility index (Phi) is 6.44. The molecule has 1 heterocycles. The van der Waals surface area contributed by atoms with Gasteiger partial charge in [-0.15, -0.1) is 11.3 Å². The van der Waals surface area contributed by atoms with Crippen LogP contribution in [-0.4, -0.2) is 29.5 Å². The van der Waals surface area contributed by atoms with Crippen molar-refractivity contribution >= 4 is 23.3 Å². The first kappa shape index (κ1) is 15.6. The molecule has 0 fully saturated rings. The number of rotatable bonds is 6. The summed E-state index contributed by atoms with van der Waals surface area (Å²) in [7, 11) is 0. The normalized spacial score (nSPS) is 13.6. The Morgan fingerprint density at radius 2 is 2.16 bits per heavy atom. The number of hydrogen-bond donors (Lipinski definition) is 3. The summed E-state index contributed by atoms with van der Waals surface area (Å²) in [6, 6.07) is -0.908. The average molecular weight is 284 g/mol. The summed E-state index contributed by atoms with van der Waals surface area (Å²) >= 11 is 1.55. The van der Waals surface area contributed by atoms with Crippen molar-refractivity contribution in [2.75, 3.05) is 6.54 Å². The Bertz CT molecular complexity index is 408. The molecule has 2 unspecified atom stereocenters. The molecule has 3 N–H and O–H groups in total. The number of carbonyl (C=O) groups excluding carboxylic acids is 2. The minimum absolute atomic E-state index is 0.0231. The molecule has 1 rings (SSSR count). The first-order chi connectivity index (χ1) is 9.08. The fraction of sp³-hybridized carbons (Fsp3) is 0.583. The van der Waals surface area contributed by atoms with Crippen molar-refractivity contribution in [3.8, 4) is 0 Å². The van der Waals surface area contributed by atoms with Gasteiger partial charge in [0.05, 0.1) is 12.1 Å². The number of urea groups is 1. The van der Waals surface area contributed by atoms with Gasteiger partial charge in [0.15, 0.2) is 0 Å². The molecule has 3 amide bonds. The zero-order chi connectivity index (χ0) is 14.3. The highest BCUT2D eigenvalue weighted by atomic mass is 32.1. The molecular weight excluding hydrogens is 264 g/mol. The lowest BCUT2D eigenvalue weighted by Gasteiger charge is -2.19. The van der Waals surface area contributed by atoms with Crippen molar-refractivity contribution in [3.05, 3.63) is 16.6 Å². The van der Waals surface area contributed by atoms with Gasteiger partial charge < -0.3 is 5.32 Å². The maximum atomic E-state index is 11.8. The van der Waals surface area contributed by atoms with Crippen molar-refractivity contribution in [2.24, 2.45) is 0 Å². The van der Waals surface area contributed by atoms with Gasteiger partial charge in [0.2, 0.25) is 5.91 Å². The van der Waals surface area contributed by atoms with Gasteiger partial charge >= 0.3 is 6.03 Å². The molecule has 0 aliphatic heterocycles. The molecule has 2 atom stereocenters. The molecule has 19 heavy (non-hydrogen) atoms. The van der Waals surface area contributed by atoms with Crippen LogP contribution < -0.4 is 16.0 Å². The number of imide groups is 1. The average Bonchev–Trinajstić information content (AvgIpc) is 2.89. The Labute approximate surface area is 117 Å². The summed E-state index contributed by atoms with van der Waals surface area (Å²) in [5.41, 5.74) is 0. The Morgan fingerprint density at radius 1 is 1.42 bits per heavy atom. The Hall–Kier alpha value is -1.47. The quantitative estimate of drug-likeness (QED) is 0.737. The van der Waals surface area contributed by atoms with Crippen molar-refractivity contribution in [1.29, 1.82) is 0 Å². The maximum absolute atomic E-state index is 11.8. The molecule has 0 radical (unpaired) electrons. The highest BCUT2D eigenvalue weighted by Gasteiger charge is 2.20. The second-order valence-corrected chi connectivity index (χ2v) is 4.99. The van der Waals surface area contributed by atoms with Crippen LogP contribution in [0.4, 0.5) is 4.79 Å². The number of hydrogen-bond acceptors (Lipinski definition) is 5. The number of thiazole rings is 1. The summed E-state index contributed by atoms with van der Waals surface area (Å²) in [6.45, 7) is 6.03. The van der Waals surface area contributed by atoms with E-state index in [1.165, 1.54) is 0 Å². The monoisotopic (exact) mass is 284 g/mol. The van der Waals surface area contributed by atoms with Gasteiger partial charge in [0.25, 0.3) is 0 Å². The number of aromatic nitrogens is 1. The second kappa shape index (κ2) is 7.85. The van der Waals surface area contributed by atoms with Crippen molar-refractivity contribution in [2.45, 2.75) is 39.3 Å². The standard InChI is InChI=1S/C12H20N4O2S/c1-4-9(11-14-6-7-19-11)15-8(3)10(17)16-12(18)13-5-2/h6-9,15H,4-5H2,1-3H3,(H2,13,16,17,18). The summed E-state index contributed by atoms with van der Waals surface area (Å²) in [5, 5.41) is 10.8.